The molecule has 2 rings (SSSR count). The number of thioether (sulfide) groups is 1. The molecule has 0 aromatic heterocycles. The molecule has 32 heavy (non-hydrogen) atoms. The van der Waals surface area contributed by atoms with Crippen LogP contribution in [-0.4, -0.2) is 47.3 Å². The van der Waals surface area contributed by atoms with Crippen LogP contribution in [0.5, 0.6) is 0 Å². The van der Waals surface area contributed by atoms with Gasteiger partial charge in [0.2, 0.25) is 5.91 Å². The van der Waals surface area contributed by atoms with Crippen LogP contribution < -0.4 is 10.6 Å². The Labute approximate surface area is 194 Å². The highest BCUT2D eigenvalue weighted by Gasteiger charge is 2.23. The molecule has 0 spiro atoms. The molecule has 0 saturated heterocycles. The number of ether oxygens (including phenoxy) is 1. The van der Waals surface area contributed by atoms with Crippen molar-refractivity contribution in [3.05, 3.63) is 74.8 Å². The monoisotopic (exact) mass is 479 g/mol. The van der Waals surface area contributed by atoms with E-state index in [2.05, 4.69) is 10.6 Å². The van der Waals surface area contributed by atoms with Crippen molar-refractivity contribution in [3.8, 4) is 0 Å². The molecule has 11 heteroatoms. The van der Waals surface area contributed by atoms with Crippen molar-refractivity contribution < 1.29 is 24.0 Å². The molecule has 9 nitrogen and oxygen atoms in total. The van der Waals surface area contributed by atoms with Crippen LogP contribution in [0.25, 0.3) is 0 Å². The maximum atomic E-state index is 12.6. The van der Waals surface area contributed by atoms with E-state index in [1.54, 1.807) is 12.1 Å². The summed E-state index contributed by atoms with van der Waals surface area (Å²) >= 11 is 7.25. The van der Waals surface area contributed by atoms with Gasteiger partial charge >= 0.3 is 5.97 Å². The first-order chi connectivity index (χ1) is 15.3. The minimum absolute atomic E-state index is 0.00896. The number of carbonyl (C=O) groups is 3. The number of amides is 2. The zero-order chi connectivity index (χ0) is 23.5. The highest BCUT2D eigenvalue weighted by molar-refractivity contribution is 7.98. The standard InChI is InChI=1S/C21H22ClN3O6S/c1-32-10-9-17(24-20(27)15-7-8-16(22)18(11-15)25(29)30)21(28)23-12-19(26)31-13-14-5-3-2-4-6-14/h2-8,11,17H,9-10,12-13H2,1H3,(H,23,28)(H,24,27). The van der Waals surface area contributed by atoms with E-state index in [0.29, 0.717) is 12.2 Å². The fourth-order valence-electron chi connectivity index (χ4n) is 2.61. The molecule has 0 aliphatic heterocycles. The first kappa shape index (κ1) is 25.2. The Morgan fingerprint density at radius 1 is 1.19 bits per heavy atom. The van der Waals surface area contributed by atoms with Gasteiger partial charge in [-0.3, -0.25) is 24.5 Å². The summed E-state index contributed by atoms with van der Waals surface area (Å²) in [5, 5.41) is 15.9. The average molecular weight is 480 g/mol. The number of nitro groups is 1. The summed E-state index contributed by atoms with van der Waals surface area (Å²) in [4.78, 5) is 47.4. The van der Waals surface area contributed by atoms with E-state index in [9.17, 15) is 24.5 Å². The molecule has 0 heterocycles. The minimum Gasteiger partial charge on any atom is -0.460 e. The van der Waals surface area contributed by atoms with Crippen LogP contribution in [0.3, 0.4) is 0 Å². The van der Waals surface area contributed by atoms with E-state index in [1.807, 2.05) is 24.5 Å². The van der Waals surface area contributed by atoms with Crippen LogP contribution in [0, 0.1) is 10.1 Å². The van der Waals surface area contributed by atoms with Gasteiger partial charge in [0.05, 0.1) is 4.92 Å². The van der Waals surface area contributed by atoms with E-state index < -0.39 is 34.4 Å². The van der Waals surface area contributed by atoms with Gasteiger partial charge in [-0.2, -0.15) is 11.8 Å². The SMILES string of the molecule is CSCCC(NC(=O)c1ccc(Cl)c([N+](=O)[O-])c1)C(=O)NCC(=O)OCc1ccccc1. The van der Waals surface area contributed by atoms with Crippen LogP contribution in [-0.2, 0) is 20.9 Å². The highest BCUT2D eigenvalue weighted by atomic mass is 35.5. The van der Waals surface area contributed by atoms with E-state index in [1.165, 1.54) is 23.9 Å². The number of benzene rings is 2. The van der Waals surface area contributed by atoms with Gasteiger partial charge in [-0.05, 0) is 36.1 Å². The molecule has 1 unspecified atom stereocenters. The molecule has 2 N–H and O–H groups in total. The lowest BCUT2D eigenvalue weighted by atomic mass is 10.1. The summed E-state index contributed by atoms with van der Waals surface area (Å²) in [7, 11) is 0. The third-order valence-corrected chi connectivity index (χ3v) is 5.25. The summed E-state index contributed by atoms with van der Waals surface area (Å²) in [5.74, 6) is -1.28. The van der Waals surface area contributed by atoms with E-state index in [-0.39, 0.29) is 23.7 Å². The predicted molar refractivity (Wildman–Crippen MR) is 122 cm³/mol. The molecule has 0 radical (unpaired) electrons. The van der Waals surface area contributed by atoms with Gasteiger partial charge in [0.15, 0.2) is 0 Å². The first-order valence-electron chi connectivity index (χ1n) is 9.52. The van der Waals surface area contributed by atoms with Gasteiger partial charge in [0, 0.05) is 11.6 Å². The second kappa shape index (κ2) is 12.7. The molecule has 2 amide bonds. The zero-order valence-corrected chi connectivity index (χ0v) is 18.8. The molecular weight excluding hydrogens is 458 g/mol. The molecule has 0 bridgehead atoms. The zero-order valence-electron chi connectivity index (χ0n) is 17.2. The minimum atomic E-state index is -0.938. The summed E-state index contributed by atoms with van der Waals surface area (Å²) in [5.41, 5.74) is 0.394. The Bertz CT molecular complexity index is 973. The maximum absolute atomic E-state index is 12.6. The smallest absolute Gasteiger partial charge is 0.325 e. The number of nitro benzene ring substituents is 1. The topological polar surface area (TPSA) is 128 Å². The molecule has 0 aliphatic rings. The Morgan fingerprint density at radius 3 is 2.56 bits per heavy atom. The summed E-state index contributed by atoms with van der Waals surface area (Å²) in [6.07, 6.45) is 2.15. The Kier molecular flexibility index (Phi) is 9.96. The number of nitrogens with zero attached hydrogens (tertiary/aromatic N) is 1. The fourth-order valence-corrected chi connectivity index (χ4v) is 3.27. The van der Waals surface area contributed by atoms with Gasteiger partial charge in [-0.1, -0.05) is 41.9 Å². The molecule has 0 fully saturated rings. The van der Waals surface area contributed by atoms with Crippen molar-refractivity contribution in [3.63, 3.8) is 0 Å². The number of nitrogens with one attached hydrogen (secondary N) is 2. The molecule has 2 aromatic rings. The maximum Gasteiger partial charge on any atom is 0.325 e. The molecule has 1 atom stereocenters. The van der Waals surface area contributed by atoms with Crippen molar-refractivity contribution in [2.75, 3.05) is 18.6 Å². The summed E-state index contributed by atoms with van der Waals surface area (Å²) in [6, 6.07) is 11.8. The number of carbonyl (C=O) groups excluding carboxylic acids is 3. The van der Waals surface area contributed by atoms with Gasteiger partial charge in [-0.25, -0.2) is 0 Å². The Hall–Kier alpha value is -3.11. The normalized spacial score (nSPS) is 11.3. The fraction of sp³-hybridized carbons (Fsp3) is 0.286. The average Bonchev–Trinajstić information content (AvgIpc) is 2.79. The van der Waals surface area contributed by atoms with Gasteiger partial charge in [0.1, 0.15) is 24.2 Å². The third kappa shape index (κ3) is 7.86. The van der Waals surface area contributed by atoms with Crippen molar-refractivity contribution >= 4 is 46.8 Å². The Morgan fingerprint density at radius 2 is 1.91 bits per heavy atom. The number of rotatable bonds is 11. The summed E-state index contributed by atoms with van der Waals surface area (Å²) in [6.45, 7) is -0.277. The first-order valence-corrected chi connectivity index (χ1v) is 11.3. The molecule has 2 aromatic carbocycles. The number of hydrogen-bond acceptors (Lipinski definition) is 7. The second-order valence-electron chi connectivity index (χ2n) is 6.59. The molecule has 0 aliphatic carbocycles. The lowest BCUT2D eigenvalue weighted by Crippen LogP contribution is -2.48. The van der Waals surface area contributed by atoms with Crippen LogP contribution >= 0.6 is 23.4 Å². The van der Waals surface area contributed by atoms with E-state index in [4.69, 9.17) is 16.3 Å². The number of hydrogen-bond donors (Lipinski definition) is 2. The molecular formula is C21H22ClN3O6S. The van der Waals surface area contributed by atoms with Gasteiger partial charge in [-0.15, -0.1) is 0 Å². The van der Waals surface area contributed by atoms with Crippen molar-refractivity contribution in [2.45, 2.75) is 19.1 Å². The lowest BCUT2D eigenvalue weighted by molar-refractivity contribution is -0.384. The highest BCUT2D eigenvalue weighted by Crippen LogP contribution is 2.25. The van der Waals surface area contributed by atoms with Gasteiger partial charge < -0.3 is 15.4 Å². The summed E-state index contributed by atoms with van der Waals surface area (Å²) < 4.78 is 5.12. The van der Waals surface area contributed by atoms with Crippen molar-refractivity contribution in [1.29, 1.82) is 0 Å². The predicted octanol–water partition coefficient (Wildman–Crippen LogP) is 2.96. The molecule has 0 saturated carbocycles. The van der Waals surface area contributed by atoms with Crippen LogP contribution in [0.1, 0.15) is 22.3 Å². The van der Waals surface area contributed by atoms with E-state index in [0.717, 1.165) is 11.6 Å². The van der Waals surface area contributed by atoms with Gasteiger partial charge in [0.25, 0.3) is 11.6 Å². The van der Waals surface area contributed by atoms with Crippen LogP contribution in [0.4, 0.5) is 5.69 Å². The van der Waals surface area contributed by atoms with Crippen LogP contribution in [0.2, 0.25) is 5.02 Å². The quantitative estimate of drug-likeness (QED) is 0.288. The third-order valence-electron chi connectivity index (χ3n) is 4.29. The Balaban J connectivity index is 1.95. The number of esters is 1. The van der Waals surface area contributed by atoms with Crippen molar-refractivity contribution in [2.24, 2.45) is 0 Å². The van der Waals surface area contributed by atoms with E-state index >= 15 is 0 Å². The lowest BCUT2D eigenvalue weighted by Gasteiger charge is -2.18. The van der Waals surface area contributed by atoms with Crippen LogP contribution in [0.15, 0.2) is 48.5 Å². The molecule has 170 valence electrons. The van der Waals surface area contributed by atoms with Crippen molar-refractivity contribution in [1.82, 2.24) is 10.6 Å². The second-order valence-corrected chi connectivity index (χ2v) is 7.99. The largest absolute Gasteiger partial charge is 0.460 e. The number of halogens is 1.